The second-order valence-corrected chi connectivity index (χ2v) is 4.67. The Morgan fingerprint density at radius 2 is 1.72 bits per heavy atom. The monoisotopic (exact) mass is 350 g/mol. The number of oxime groups is 1. The predicted octanol–water partition coefficient (Wildman–Crippen LogP) is 3.30. The van der Waals surface area contributed by atoms with Gasteiger partial charge in [0.05, 0.1) is 0 Å². The number of carbonyl (C=O) groups excluding carboxylic acids is 1. The molecule has 0 radical (unpaired) electrons. The molecule has 0 aliphatic carbocycles. The number of nitrogens with two attached hydrogens (primary N) is 1. The van der Waals surface area contributed by atoms with Crippen molar-refractivity contribution in [2.24, 2.45) is 10.9 Å². The van der Waals surface area contributed by atoms with Gasteiger partial charge in [-0.1, -0.05) is 17.3 Å². The maximum atomic E-state index is 12.8. The van der Waals surface area contributed by atoms with E-state index in [9.17, 15) is 18.0 Å². The molecule has 0 bridgehead atoms. The number of hydrogen-bond acceptors (Lipinski definition) is 4. The van der Waals surface area contributed by atoms with Gasteiger partial charge in [-0.25, -0.2) is 9.18 Å². The minimum Gasteiger partial charge on any atom is -0.435 e. The highest BCUT2D eigenvalue weighted by atomic mass is 19.3. The molecule has 5 nitrogen and oxygen atoms in total. The van der Waals surface area contributed by atoms with E-state index < -0.39 is 18.4 Å². The van der Waals surface area contributed by atoms with Crippen LogP contribution >= 0.6 is 0 Å². The average Bonchev–Trinajstić information content (AvgIpc) is 2.59. The first-order valence-corrected chi connectivity index (χ1v) is 6.97. The summed E-state index contributed by atoms with van der Waals surface area (Å²) < 4.78 is 41.1. The summed E-state index contributed by atoms with van der Waals surface area (Å²) in [5.74, 6) is -1.30. The Hall–Kier alpha value is -3.29. The molecule has 0 saturated carbocycles. The number of benzene rings is 2. The average molecular weight is 350 g/mol. The third kappa shape index (κ3) is 6.02. The highest BCUT2D eigenvalue weighted by Gasteiger charge is 2.04. The molecule has 25 heavy (non-hydrogen) atoms. The van der Waals surface area contributed by atoms with Gasteiger partial charge in [-0.3, -0.25) is 0 Å². The predicted molar refractivity (Wildman–Crippen MR) is 85.3 cm³/mol. The molecule has 0 aromatic heterocycles. The fourth-order valence-corrected chi connectivity index (χ4v) is 1.72. The van der Waals surface area contributed by atoms with E-state index in [0.29, 0.717) is 11.1 Å². The zero-order valence-electron chi connectivity index (χ0n) is 12.7. The van der Waals surface area contributed by atoms with Crippen LogP contribution < -0.4 is 10.5 Å². The summed E-state index contributed by atoms with van der Waals surface area (Å²) in [4.78, 5) is 16.2. The van der Waals surface area contributed by atoms with Crippen molar-refractivity contribution in [1.82, 2.24) is 0 Å². The van der Waals surface area contributed by atoms with Crippen LogP contribution in [0.4, 0.5) is 13.2 Å². The van der Waals surface area contributed by atoms with Gasteiger partial charge >= 0.3 is 12.6 Å². The van der Waals surface area contributed by atoms with Crippen molar-refractivity contribution >= 4 is 17.9 Å². The number of ether oxygens (including phenoxy) is 1. The van der Waals surface area contributed by atoms with Gasteiger partial charge in [-0.15, -0.1) is 0 Å². The van der Waals surface area contributed by atoms with Crippen molar-refractivity contribution < 1.29 is 27.5 Å². The van der Waals surface area contributed by atoms with Crippen LogP contribution in [0.2, 0.25) is 0 Å². The lowest BCUT2D eigenvalue weighted by Crippen LogP contribution is -2.14. The maximum Gasteiger partial charge on any atom is 0.387 e. The molecule has 0 aliphatic heterocycles. The van der Waals surface area contributed by atoms with Gasteiger partial charge in [-0.05, 0) is 48.0 Å². The molecule has 0 unspecified atom stereocenters. The molecule has 2 aromatic rings. The minimum atomic E-state index is -2.90. The Kier molecular flexibility index (Phi) is 6.16. The highest BCUT2D eigenvalue weighted by molar-refractivity contribution is 5.97. The van der Waals surface area contributed by atoms with Crippen LogP contribution in [0, 0.1) is 5.82 Å². The molecule has 0 atom stereocenters. The van der Waals surface area contributed by atoms with E-state index in [4.69, 9.17) is 5.73 Å². The van der Waals surface area contributed by atoms with Crippen LogP contribution in [-0.4, -0.2) is 18.4 Å². The van der Waals surface area contributed by atoms with Gasteiger partial charge in [0.15, 0.2) is 5.84 Å². The van der Waals surface area contributed by atoms with Crippen LogP contribution in [0.5, 0.6) is 5.75 Å². The Morgan fingerprint density at radius 1 is 1.08 bits per heavy atom. The summed E-state index contributed by atoms with van der Waals surface area (Å²) in [7, 11) is 0. The van der Waals surface area contributed by atoms with Gasteiger partial charge in [0.1, 0.15) is 11.6 Å². The van der Waals surface area contributed by atoms with Crippen molar-refractivity contribution in [2.45, 2.75) is 6.61 Å². The van der Waals surface area contributed by atoms with Crippen LogP contribution in [0.15, 0.2) is 59.8 Å². The largest absolute Gasteiger partial charge is 0.435 e. The lowest BCUT2D eigenvalue weighted by molar-refractivity contribution is -0.137. The molecule has 2 rings (SSSR count). The molecular weight excluding hydrogens is 337 g/mol. The number of alkyl halides is 2. The number of rotatable bonds is 6. The lowest BCUT2D eigenvalue weighted by Gasteiger charge is -2.03. The summed E-state index contributed by atoms with van der Waals surface area (Å²) in [5.41, 5.74) is 6.57. The Morgan fingerprint density at radius 3 is 2.32 bits per heavy atom. The van der Waals surface area contributed by atoms with E-state index in [1.54, 1.807) is 0 Å². The Labute approximate surface area is 141 Å². The highest BCUT2D eigenvalue weighted by Crippen LogP contribution is 2.15. The Bertz CT molecular complexity index is 773. The van der Waals surface area contributed by atoms with Crippen LogP contribution in [0.1, 0.15) is 11.1 Å². The lowest BCUT2D eigenvalue weighted by atomic mass is 10.2. The number of carbonyl (C=O) groups is 1. The zero-order valence-corrected chi connectivity index (χ0v) is 12.7. The number of halogens is 3. The topological polar surface area (TPSA) is 73.9 Å². The first-order chi connectivity index (χ1) is 11.9. The summed E-state index contributed by atoms with van der Waals surface area (Å²) in [6.07, 6.45) is 2.49. The number of nitrogens with zero attached hydrogens (tertiary/aromatic N) is 1. The fraction of sp³-hybridized carbons (Fsp3) is 0.0588. The molecule has 130 valence electrons. The molecular formula is C17H13F3N2O3. The van der Waals surface area contributed by atoms with E-state index in [2.05, 4.69) is 14.7 Å². The summed E-state index contributed by atoms with van der Waals surface area (Å²) in [6, 6.07) is 10.8. The van der Waals surface area contributed by atoms with Crippen molar-refractivity contribution in [1.29, 1.82) is 0 Å². The van der Waals surface area contributed by atoms with E-state index in [-0.39, 0.29) is 11.6 Å². The molecule has 0 saturated heterocycles. The first kappa shape index (κ1) is 18.1. The first-order valence-electron chi connectivity index (χ1n) is 6.97. The standard InChI is InChI=1S/C17H13F3N2O3/c18-13-6-4-12(5-7-13)16(21)22-25-15(23)10-3-11-1-8-14(9-2-11)24-17(19)20/h1-10,17H,(H2,21,22)/b10-3-. The van der Waals surface area contributed by atoms with E-state index in [0.717, 1.165) is 6.08 Å². The van der Waals surface area contributed by atoms with Crippen LogP contribution in [0.25, 0.3) is 6.08 Å². The summed E-state index contributed by atoms with van der Waals surface area (Å²) in [6.45, 7) is -2.90. The second-order valence-electron chi connectivity index (χ2n) is 4.67. The molecule has 2 aromatic carbocycles. The van der Waals surface area contributed by atoms with E-state index >= 15 is 0 Å². The molecule has 0 aliphatic rings. The SMILES string of the molecule is N/C(=N\OC(=O)/C=C\c1ccc(OC(F)F)cc1)c1ccc(F)cc1. The van der Waals surface area contributed by atoms with Gasteiger partial charge < -0.3 is 15.3 Å². The molecule has 0 amide bonds. The van der Waals surface area contributed by atoms with Crippen LogP contribution in [0.3, 0.4) is 0 Å². The number of hydrogen-bond donors (Lipinski definition) is 1. The minimum absolute atomic E-state index is 0.00592. The molecule has 0 fully saturated rings. The van der Waals surface area contributed by atoms with Crippen molar-refractivity contribution in [3.8, 4) is 5.75 Å². The van der Waals surface area contributed by atoms with Gasteiger partial charge in [-0.2, -0.15) is 8.78 Å². The van der Waals surface area contributed by atoms with Crippen molar-refractivity contribution in [3.05, 3.63) is 71.6 Å². The zero-order chi connectivity index (χ0) is 18.2. The van der Waals surface area contributed by atoms with Gasteiger partial charge in [0.25, 0.3) is 0 Å². The third-order valence-electron chi connectivity index (χ3n) is 2.89. The van der Waals surface area contributed by atoms with Crippen LogP contribution in [-0.2, 0) is 9.63 Å². The molecule has 0 spiro atoms. The van der Waals surface area contributed by atoms with E-state index in [1.165, 1.54) is 54.6 Å². The smallest absolute Gasteiger partial charge is 0.387 e. The Balaban J connectivity index is 1.91. The quantitative estimate of drug-likeness (QED) is 0.285. The maximum absolute atomic E-state index is 12.8. The molecule has 0 heterocycles. The molecule has 2 N–H and O–H groups in total. The fourth-order valence-electron chi connectivity index (χ4n) is 1.72. The van der Waals surface area contributed by atoms with E-state index in [1.807, 2.05) is 0 Å². The summed E-state index contributed by atoms with van der Waals surface area (Å²) >= 11 is 0. The van der Waals surface area contributed by atoms with Gasteiger partial charge in [0, 0.05) is 11.6 Å². The van der Waals surface area contributed by atoms with Crippen molar-refractivity contribution in [2.75, 3.05) is 0 Å². The normalized spacial score (nSPS) is 11.8. The summed E-state index contributed by atoms with van der Waals surface area (Å²) in [5, 5.41) is 3.45. The molecule has 8 heteroatoms. The number of amidine groups is 1. The van der Waals surface area contributed by atoms with Crippen molar-refractivity contribution in [3.63, 3.8) is 0 Å². The third-order valence-corrected chi connectivity index (χ3v) is 2.89. The van der Waals surface area contributed by atoms with Gasteiger partial charge in [0.2, 0.25) is 0 Å². The second kappa shape index (κ2) is 8.53.